The number of hydrogen-bond acceptors (Lipinski definition) is 6. The van der Waals surface area contributed by atoms with E-state index in [0.29, 0.717) is 17.1 Å². The molecule has 0 saturated carbocycles. The zero-order chi connectivity index (χ0) is 20.1. The summed E-state index contributed by atoms with van der Waals surface area (Å²) in [4.78, 5) is 23.2. The maximum absolute atomic E-state index is 12.1. The standard InChI is InChI=1S/C18H14ClN3O5S/c19-14-7-6-11(10-13(14)17(24)25)20-15(23)8-9-28-16-18(26)27-21-22(16)12-4-2-1-3-5-12/h1-7,10H,8-9H2,(H2-,20,21,23,24,25,26). The van der Waals surface area contributed by atoms with Gasteiger partial charge >= 0.3 is 5.97 Å². The highest BCUT2D eigenvalue weighted by molar-refractivity contribution is 7.99. The fourth-order valence-electron chi connectivity index (χ4n) is 2.32. The highest BCUT2D eigenvalue weighted by Gasteiger charge is 2.21. The van der Waals surface area contributed by atoms with E-state index in [9.17, 15) is 14.7 Å². The lowest BCUT2D eigenvalue weighted by molar-refractivity contribution is -0.705. The second kappa shape index (κ2) is 8.77. The SMILES string of the molecule is O=C(CCSc1c([O-])on[n+]1-c1ccccc1)Nc1ccc(Cl)c(C(=O)O)c1. The van der Waals surface area contributed by atoms with Crippen LogP contribution in [0.1, 0.15) is 16.8 Å². The number of carbonyl (C=O) groups excluding carboxylic acids is 1. The molecule has 28 heavy (non-hydrogen) atoms. The van der Waals surface area contributed by atoms with Crippen molar-refractivity contribution in [1.29, 1.82) is 0 Å². The summed E-state index contributed by atoms with van der Waals surface area (Å²) in [6.45, 7) is 0. The molecule has 1 aromatic heterocycles. The summed E-state index contributed by atoms with van der Waals surface area (Å²) >= 11 is 6.95. The lowest BCUT2D eigenvalue weighted by atomic mass is 10.2. The van der Waals surface area contributed by atoms with Gasteiger partial charge in [0.25, 0.3) is 5.03 Å². The Morgan fingerprint density at radius 2 is 2.00 bits per heavy atom. The minimum atomic E-state index is -1.18. The van der Waals surface area contributed by atoms with Crippen LogP contribution < -0.4 is 15.1 Å². The van der Waals surface area contributed by atoms with E-state index in [1.807, 2.05) is 6.07 Å². The van der Waals surface area contributed by atoms with Crippen molar-refractivity contribution in [1.82, 2.24) is 5.27 Å². The predicted molar refractivity (Wildman–Crippen MR) is 99.9 cm³/mol. The summed E-state index contributed by atoms with van der Waals surface area (Å²) in [5.41, 5.74) is 0.895. The van der Waals surface area contributed by atoms with E-state index >= 15 is 0 Å². The number of benzene rings is 2. The third-order valence-corrected chi connectivity index (χ3v) is 4.97. The van der Waals surface area contributed by atoms with Crippen molar-refractivity contribution in [2.45, 2.75) is 11.4 Å². The number of nitrogens with zero attached hydrogens (tertiary/aromatic N) is 2. The summed E-state index contributed by atoms with van der Waals surface area (Å²) in [6.07, 6.45) is 0.0924. The molecule has 0 unspecified atom stereocenters. The molecule has 3 aromatic rings. The van der Waals surface area contributed by atoms with Gasteiger partial charge in [-0.2, -0.15) is 0 Å². The second-order valence-electron chi connectivity index (χ2n) is 5.56. The quantitative estimate of drug-likeness (QED) is 0.446. The number of carboxylic acids is 1. The second-order valence-corrected chi connectivity index (χ2v) is 7.05. The summed E-state index contributed by atoms with van der Waals surface area (Å²) < 4.78 is 6.10. The number of amides is 1. The number of carbonyl (C=O) groups is 2. The Kier molecular flexibility index (Phi) is 6.17. The van der Waals surface area contributed by atoms with Crippen molar-refractivity contribution < 1.29 is 29.0 Å². The van der Waals surface area contributed by atoms with Crippen molar-refractivity contribution in [2.75, 3.05) is 11.1 Å². The molecule has 0 aliphatic carbocycles. The molecule has 0 saturated heterocycles. The minimum Gasteiger partial charge on any atom is -0.538 e. The first-order valence-corrected chi connectivity index (χ1v) is 9.42. The Balaban J connectivity index is 1.60. The highest BCUT2D eigenvalue weighted by atomic mass is 35.5. The number of halogens is 1. The molecule has 2 aromatic carbocycles. The van der Waals surface area contributed by atoms with E-state index in [1.54, 1.807) is 24.3 Å². The van der Waals surface area contributed by atoms with E-state index in [0.717, 1.165) is 11.8 Å². The zero-order valence-electron chi connectivity index (χ0n) is 14.3. The number of rotatable bonds is 7. The Morgan fingerprint density at radius 3 is 2.71 bits per heavy atom. The molecule has 0 atom stereocenters. The van der Waals surface area contributed by atoms with Crippen molar-refractivity contribution in [3.05, 3.63) is 59.1 Å². The molecule has 0 bridgehead atoms. The number of aromatic carboxylic acids is 1. The van der Waals surface area contributed by atoms with Crippen LogP contribution in [0.3, 0.4) is 0 Å². The molecular formula is C18H14ClN3O5S. The monoisotopic (exact) mass is 419 g/mol. The van der Waals surface area contributed by atoms with Gasteiger partial charge in [-0.05, 0) is 22.9 Å². The summed E-state index contributed by atoms with van der Waals surface area (Å²) in [5.74, 6) is -1.80. The molecule has 0 fully saturated rings. The maximum atomic E-state index is 12.1. The van der Waals surface area contributed by atoms with Crippen molar-refractivity contribution in [3.8, 4) is 11.6 Å². The largest absolute Gasteiger partial charge is 0.538 e. The molecule has 1 amide bonds. The third-order valence-electron chi connectivity index (χ3n) is 3.62. The molecule has 3 rings (SSSR count). The molecule has 0 aliphatic rings. The van der Waals surface area contributed by atoms with Gasteiger partial charge in [-0.25, -0.2) is 4.79 Å². The molecule has 1 heterocycles. The molecule has 144 valence electrons. The van der Waals surface area contributed by atoms with E-state index in [-0.39, 0.29) is 27.9 Å². The van der Waals surface area contributed by atoms with Crippen LogP contribution in [0.4, 0.5) is 5.69 Å². The van der Waals surface area contributed by atoms with Crippen LogP contribution in [-0.2, 0) is 4.79 Å². The van der Waals surface area contributed by atoms with Gasteiger partial charge in [0, 0.05) is 30.0 Å². The van der Waals surface area contributed by atoms with Gasteiger partial charge in [0.1, 0.15) is 0 Å². The Morgan fingerprint density at radius 1 is 1.25 bits per heavy atom. The first-order valence-electron chi connectivity index (χ1n) is 8.05. The third kappa shape index (κ3) is 4.62. The molecule has 10 heteroatoms. The minimum absolute atomic E-state index is 0.0851. The van der Waals surface area contributed by atoms with Crippen LogP contribution in [0.2, 0.25) is 5.02 Å². The van der Waals surface area contributed by atoms with E-state index in [1.165, 1.54) is 22.9 Å². The lowest BCUT2D eigenvalue weighted by Gasteiger charge is -2.07. The van der Waals surface area contributed by atoms with Crippen molar-refractivity contribution in [2.24, 2.45) is 0 Å². The van der Waals surface area contributed by atoms with Crippen LogP contribution >= 0.6 is 23.4 Å². The molecule has 8 nitrogen and oxygen atoms in total. The number of para-hydroxylation sites is 1. The van der Waals surface area contributed by atoms with Gasteiger partial charge in [-0.1, -0.05) is 41.6 Å². The van der Waals surface area contributed by atoms with Gasteiger partial charge in [0.05, 0.1) is 15.9 Å². The number of thioether (sulfide) groups is 1. The number of nitrogens with one attached hydrogen (secondary N) is 1. The number of aromatic nitrogens is 2. The highest BCUT2D eigenvalue weighted by Crippen LogP contribution is 2.24. The average Bonchev–Trinajstić information content (AvgIpc) is 3.04. The summed E-state index contributed by atoms with van der Waals surface area (Å²) in [6, 6.07) is 13.2. The van der Waals surface area contributed by atoms with E-state index < -0.39 is 11.9 Å². The van der Waals surface area contributed by atoms with Crippen LogP contribution in [0.5, 0.6) is 5.95 Å². The van der Waals surface area contributed by atoms with Crippen LogP contribution in [-0.4, -0.2) is 28.0 Å². The fraction of sp³-hybridized carbons (Fsp3) is 0.111. The number of carboxylic acid groups (broad SMARTS) is 1. The van der Waals surface area contributed by atoms with Crippen LogP contribution in [0.25, 0.3) is 5.69 Å². The molecular weight excluding hydrogens is 406 g/mol. The molecule has 0 aliphatic heterocycles. The molecule has 0 spiro atoms. The van der Waals surface area contributed by atoms with Crippen LogP contribution in [0, 0.1) is 0 Å². The number of anilines is 1. The average molecular weight is 420 g/mol. The molecule has 0 radical (unpaired) electrons. The van der Waals surface area contributed by atoms with E-state index in [2.05, 4.69) is 10.6 Å². The predicted octanol–water partition coefficient (Wildman–Crippen LogP) is 2.50. The van der Waals surface area contributed by atoms with Gasteiger partial charge < -0.3 is 20.1 Å². The summed E-state index contributed by atoms with van der Waals surface area (Å²) in [7, 11) is 0. The number of hydrogen-bond donors (Lipinski definition) is 2. The fourth-order valence-corrected chi connectivity index (χ4v) is 3.42. The van der Waals surface area contributed by atoms with Gasteiger partial charge in [0.15, 0.2) is 5.95 Å². The lowest BCUT2D eigenvalue weighted by Crippen LogP contribution is -2.34. The van der Waals surface area contributed by atoms with Crippen LogP contribution in [0.15, 0.2) is 58.1 Å². The zero-order valence-corrected chi connectivity index (χ0v) is 15.9. The first kappa shape index (κ1) is 19.7. The smallest absolute Gasteiger partial charge is 0.337 e. The summed E-state index contributed by atoms with van der Waals surface area (Å²) in [5, 5.41) is 27.6. The molecule has 2 N–H and O–H groups in total. The van der Waals surface area contributed by atoms with Gasteiger partial charge in [-0.15, -0.1) is 0 Å². The van der Waals surface area contributed by atoms with Crippen molar-refractivity contribution >= 4 is 40.9 Å². The van der Waals surface area contributed by atoms with Gasteiger partial charge in [-0.3, -0.25) is 4.79 Å². The topological polar surface area (TPSA) is 119 Å². The van der Waals surface area contributed by atoms with Crippen molar-refractivity contribution in [3.63, 3.8) is 0 Å². The normalized spacial score (nSPS) is 10.6. The first-order chi connectivity index (χ1) is 13.5. The van der Waals surface area contributed by atoms with E-state index in [4.69, 9.17) is 21.2 Å². The Bertz CT molecular complexity index is 1010. The Labute approximate surface area is 168 Å². The Hall–Kier alpha value is -3.04. The van der Waals surface area contributed by atoms with Gasteiger partial charge in [0.2, 0.25) is 11.6 Å². The maximum Gasteiger partial charge on any atom is 0.337 e.